The third-order valence-corrected chi connectivity index (χ3v) is 4.25. The molecule has 0 aromatic heterocycles. The summed E-state index contributed by atoms with van der Waals surface area (Å²) in [7, 11) is -3.28. The molecule has 1 atom stereocenters. The van der Waals surface area contributed by atoms with Crippen molar-refractivity contribution in [3.63, 3.8) is 0 Å². The lowest BCUT2D eigenvalue weighted by Gasteiger charge is -2.23. The second kappa shape index (κ2) is 5.68. The molecule has 4 nitrogen and oxygen atoms in total. The molecule has 0 unspecified atom stereocenters. The van der Waals surface area contributed by atoms with Crippen LogP contribution in [0.2, 0.25) is 0 Å². The fraction of sp³-hybridized carbons (Fsp3) is 1.00. The monoisotopic (exact) mass is 222 g/mol. The molecule has 0 saturated carbocycles. The fourth-order valence-corrected chi connectivity index (χ4v) is 2.58. The van der Waals surface area contributed by atoms with E-state index in [0.29, 0.717) is 19.0 Å². The molecule has 1 N–H and O–H groups in total. The minimum Gasteiger partial charge on any atom is -0.199 e. The van der Waals surface area contributed by atoms with Crippen LogP contribution < -0.4 is 4.72 Å². The third-order valence-electron chi connectivity index (χ3n) is 2.38. The molecular formula is C9H22N2O2S. The first-order chi connectivity index (χ1) is 6.35. The largest absolute Gasteiger partial charge is 0.279 e. The number of nitrogens with zero attached hydrogens (tertiary/aromatic N) is 1. The Morgan fingerprint density at radius 3 is 1.86 bits per heavy atom. The van der Waals surface area contributed by atoms with Crippen molar-refractivity contribution in [2.45, 2.75) is 40.7 Å². The fourth-order valence-electron chi connectivity index (χ4n) is 1.01. The van der Waals surface area contributed by atoms with Crippen molar-refractivity contribution in [1.82, 2.24) is 9.03 Å². The van der Waals surface area contributed by atoms with Gasteiger partial charge in [-0.3, -0.25) is 0 Å². The Hall–Kier alpha value is -0.130. The van der Waals surface area contributed by atoms with Crippen LogP contribution in [0.5, 0.6) is 0 Å². The Balaban J connectivity index is 4.48. The zero-order chi connectivity index (χ0) is 11.4. The maximum Gasteiger partial charge on any atom is 0.279 e. The molecule has 0 aromatic carbocycles. The smallest absolute Gasteiger partial charge is 0.199 e. The van der Waals surface area contributed by atoms with Gasteiger partial charge in [-0.05, 0) is 12.8 Å². The second-order valence-corrected chi connectivity index (χ2v) is 5.44. The number of rotatable bonds is 6. The Bertz CT molecular complexity index is 246. The summed E-state index contributed by atoms with van der Waals surface area (Å²) in [5.74, 6) is 0.306. The summed E-state index contributed by atoms with van der Waals surface area (Å²) in [6, 6.07) is -0.0272. The lowest BCUT2D eigenvalue weighted by molar-refractivity contribution is 0.409. The molecule has 0 aliphatic rings. The zero-order valence-corrected chi connectivity index (χ0v) is 10.6. The van der Waals surface area contributed by atoms with Crippen LogP contribution in [0.25, 0.3) is 0 Å². The Labute approximate surface area is 87.9 Å². The van der Waals surface area contributed by atoms with E-state index in [1.807, 2.05) is 34.6 Å². The summed E-state index contributed by atoms with van der Waals surface area (Å²) in [6.45, 7) is 10.6. The summed E-state index contributed by atoms with van der Waals surface area (Å²) in [4.78, 5) is 0. The molecule has 0 aromatic rings. The van der Waals surface area contributed by atoms with E-state index in [1.165, 1.54) is 4.31 Å². The van der Waals surface area contributed by atoms with E-state index in [1.54, 1.807) is 0 Å². The van der Waals surface area contributed by atoms with Gasteiger partial charge in [0.15, 0.2) is 0 Å². The van der Waals surface area contributed by atoms with Crippen LogP contribution in [-0.2, 0) is 10.2 Å². The van der Waals surface area contributed by atoms with Crippen molar-refractivity contribution < 1.29 is 8.42 Å². The lowest BCUT2D eigenvalue weighted by Crippen LogP contribution is -2.45. The maximum absolute atomic E-state index is 11.7. The summed E-state index contributed by atoms with van der Waals surface area (Å²) >= 11 is 0. The van der Waals surface area contributed by atoms with Gasteiger partial charge in [-0.1, -0.05) is 27.7 Å². The van der Waals surface area contributed by atoms with Crippen molar-refractivity contribution in [1.29, 1.82) is 0 Å². The van der Waals surface area contributed by atoms with Crippen molar-refractivity contribution >= 4 is 10.2 Å². The van der Waals surface area contributed by atoms with Gasteiger partial charge in [-0.2, -0.15) is 17.4 Å². The molecule has 0 spiro atoms. The summed E-state index contributed by atoms with van der Waals surface area (Å²) in [5, 5.41) is 0. The molecule has 0 bridgehead atoms. The predicted octanol–water partition coefficient (Wildman–Crippen LogP) is 1.21. The summed E-state index contributed by atoms with van der Waals surface area (Å²) in [6.07, 6.45) is 0. The van der Waals surface area contributed by atoms with Gasteiger partial charge in [0.2, 0.25) is 0 Å². The first-order valence-electron chi connectivity index (χ1n) is 5.12. The highest BCUT2D eigenvalue weighted by Crippen LogP contribution is 2.04. The van der Waals surface area contributed by atoms with E-state index in [9.17, 15) is 8.42 Å². The van der Waals surface area contributed by atoms with Gasteiger partial charge in [0.25, 0.3) is 10.2 Å². The molecule has 0 amide bonds. The Morgan fingerprint density at radius 1 is 1.14 bits per heavy atom. The van der Waals surface area contributed by atoms with Crippen LogP contribution in [0.15, 0.2) is 0 Å². The topological polar surface area (TPSA) is 49.4 Å². The average Bonchev–Trinajstić information content (AvgIpc) is 2.04. The molecule has 5 heteroatoms. The quantitative estimate of drug-likeness (QED) is 0.734. The highest BCUT2D eigenvalue weighted by Gasteiger charge is 2.21. The van der Waals surface area contributed by atoms with E-state index < -0.39 is 10.2 Å². The molecule has 0 radical (unpaired) electrons. The summed E-state index contributed by atoms with van der Waals surface area (Å²) in [5.41, 5.74) is 0. The van der Waals surface area contributed by atoms with Crippen molar-refractivity contribution in [3.05, 3.63) is 0 Å². The maximum atomic E-state index is 11.7. The van der Waals surface area contributed by atoms with E-state index in [-0.39, 0.29) is 6.04 Å². The van der Waals surface area contributed by atoms with E-state index in [0.717, 1.165) is 0 Å². The first kappa shape index (κ1) is 13.9. The predicted molar refractivity (Wildman–Crippen MR) is 59.3 cm³/mol. The van der Waals surface area contributed by atoms with E-state index >= 15 is 0 Å². The molecule has 14 heavy (non-hydrogen) atoms. The van der Waals surface area contributed by atoms with Gasteiger partial charge in [-0.15, -0.1) is 0 Å². The molecule has 0 saturated heterocycles. The minimum atomic E-state index is -3.28. The van der Waals surface area contributed by atoms with Crippen LogP contribution in [0.1, 0.15) is 34.6 Å². The number of nitrogens with one attached hydrogen (secondary N) is 1. The molecule has 0 heterocycles. The van der Waals surface area contributed by atoms with Gasteiger partial charge >= 0.3 is 0 Å². The molecule has 0 aliphatic heterocycles. The lowest BCUT2D eigenvalue weighted by atomic mass is 10.1. The number of hydrogen-bond donors (Lipinski definition) is 1. The molecule has 0 rings (SSSR count). The van der Waals surface area contributed by atoms with Gasteiger partial charge < -0.3 is 0 Å². The normalized spacial score (nSPS) is 15.1. The molecule has 0 fully saturated rings. The zero-order valence-electron chi connectivity index (χ0n) is 9.74. The Kier molecular flexibility index (Phi) is 5.63. The van der Waals surface area contributed by atoms with Crippen LogP contribution in [0.4, 0.5) is 0 Å². The van der Waals surface area contributed by atoms with Crippen LogP contribution in [-0.4, -0.2) is 31.9 Å². The van der Waals surface area contributed by atoms with Gasteiger partial charge in [0.1, 0.15) is 0 Å². The second-order valence-electron chi connectivity index (χ2n) is 3.74. The SMILES string of the molecule is CCN(CC)S(=O)(=O)N[C@H](C)C(C)C. The Morgan fingerprint density at radius 2 is 1.57 bits per heavy atom. The van der Waals surface area contributed by atoms with E-state index in [4.69, 9.17) is 0 Å². The van der Waals surface area contributed by atoms with Crippen molar-refractivity contribution in [2.75, 3.05) is 13.1 Å². The van der Waals surface area contributed by atoms with Crippen molar-refractivity contribution in [2.24, 2.45) is 5.92 Å². The van der Waals surface area contributed by atoms with E-state index in [2.05, 4.69) is 4.72 Å². The van der Waals surface area contributed by atoms with Crippen LogP contribution in [0, 0.1) is 5.92 Å². The standard InChI is InChI=1S/C9H22N2O2S/c1-6-11(7-2)14(12,13)10-9(5)8(3)4/h8-10H,6-7H2,1-5H3/t9-/m1/s1. The van der Waals surface area contributed by atoms with Crippen molar-refractivity contribution in [3.8, 4) is 0 Å². The van der Waals surface area contributed by atoms with Gasteiger partial charge in [0.05, 0.1) is 0 Å². The highest BCUT2D eigenvalue weighted by atomic mass is 32.2. The van der Waals surface area contributed by atoms with Crippen LogP contribution >= 0.6 is 0 Å². The first-order valence-corrected chi connectivity index (χ1v) is 6.56. The molecule has 86 valence electrons. The molecule has 0 aliphatic carbocycles. The third kappa shape index (κ3) is 3.94. The summed E-state index contributed by atoms with van der Waals surface area (Å²) < 4.78 is 27.5. The van der Waals surface area contributed by atoms with Crippen LogP contribution in [0.3, 0.4) is 0 Å². The number of hydrogen-bond acceptors (Lipinski definition) is 2. The highest BCUT2D eigenvalue weighted by molar-refractivity contribution is 7.87. The van der Waals surface area contributed by atoms with Gasteiger partial charge in [0, 0.05) is 19.1 Å². The average molecular weight is 222 g/mol. The van der Waals surface area contributed by atoms with Gasteiger partial charge in [-0.25, -0.2) is 0 Å². The minimum absolute atomic E-state index is 0.0272. The molecular weight excluding hydrogens is 200 g/mol.